The number of rotatable bonds is 4. The van der Waals surface area contributed by atoms with Crippen molar-refractivity contribution >= 4 is 17.3 Å². The zero-order valence-electron chi connectivity index (χ0n) is 12.4. The summed E-state index contributed by atoms with van der Waals surface area (Å²) in [6, 6.07) is 5.31. The second-order valence-electron chi connectivity index (χ2n) is 5.14. The van der Waals surface area contributed by atoms with Crippen molar-refractivity contribution in [1.82, 2.24) is 0 Å². The van der Waals surface area contributed by atoms with Gasteiger partial charge in [-0.3, -0.25) is 0 Å². The fourth-order valence-electron chi connectivity index (χ4n) is 2.44. The van der Waals surface area contributed by atoms with Crippen LogP contribution in [0.4, 0.5) is 11.4 Å². The van der Waals surface area contributed by atoms with Gasteiger partial charge in [0.05, 0.1) is 37.2 Å². The van der Waals surface area contributed by atoms with Crippen molar-refractivity contribution in [3.05, 3.63) is 23.8 Å². The van der Waals surface area contributed by atoms with Crippen LogP contribution >= 0.6 is 0 Å². The van der Waals surface area contributed by atoms with Crippen molar-refractivity contribution in [1.29, 1.82) is 0 Å². The molecule has 1 aromatic carbocycles. The first-order valence-corrected chi connectivity index (χ1v) is 7.12. The van der Waals surface area contributed by atoms with Gasteiger partial charge in [-0.05, 0) is 32.0 Å². The molecule has 0 saturated carbocycles. The Bertz CT molecular complexity index is 506. The first-order chi connectivity index (χ1) is 10.1. The Hall–Kier alpha value is -1.79. The number of hydrogen-bond donors (Lipinski definition) is 2. The molecular formula is C15H22N2O4. The van der Waals surface area contributed by atoms with Crippen LogP contribution in [0.2, 0.25) is 0 Å². The fraction of sp³-hybridized carbons (Fsp3) is 0.533. The van der Waals surface area contributed by atoms with E-state index in [0.717, 1.165) is 5.69 Å². The molecule has 2 rings (SSSR count). The number of morpholine rings is 1. The van der Waals surface area contributed by atoms with Crippen molar-refractivity contribution < 1.29 is 19.4 Å². The van der Waals surface area contributed by atoms with Crippen LogP contribution in [0, 0.1) is 0 Å². The van der Waals surface area contributed by atoms with E-state index in [4.69, 9.17) is 15.2 Å². The average Bonchev–Trinajstić information content (AvgIpc) is 2.48. The topological polar surface area (TPSA) is 85.0 Å². The van der Waals surface area contributed by atoms with E-state index in [-0.39, 0.29) is 24.7 Å². The summed E-state index contributed by atoms with van der Waals surface area (Å²) in [7, 11) is 0. The predicted octanol–water partition coefficient (Wildman–Crippen LogP) is 1.03. The average molecular weight is 294 g/mol. The molecule has 3 N–H and O–H groups in total. The van der Waals surface area contributed by atoms with E-state index < -0.39 is 0 Å². The molecule has 0 radical (unpaired) electrons. The molecule has 116 valence electrons. The summed E-state index contributed by atoms with van der Waals surface area (Å²) in [6.45, 7) is 5.06. The van der Waals surface area contributed by atoms with Crippen molar-refractivity contribution in [3.63, 3.8) is 0 Å². The Morgan fingerprint density at radius 3 is 3.00 bits per heavy atom. The minimum atomic E-state index is -0.390. The summed E-state index contributed by atoms with van der Waals surface area (Å²) >= 11 is 0. The molecule has 1 saturated heterocycles. The largest absolute Gasteiger partial charge is 0.462 e. The number of carbonyl (C=O) groups excluding carboxylic acids is 1. The van der Waals surface area contributed by atoms with Crippen LogP contribution in [-0.2, 0) is 9.47 Å². The van der Waals surface area contributed by atoms with Crippen LogP contribution in [0.5, 0.6) is 0 Å². The Morgan fingerprint density at radius 2 is 2.33 bits per heavy atom. The van der Waals surface area contributed by atoms with E-state index in [9.17, 15) is 9.90 Å². The maximum absolute atomic E-state index is 12.1. The van der Waals surface area contributed by atoms with E-state index >= 15 is 0 Å². The van der Waals surface area contributed by atoms with E-state index in [1.54, 1.807) is 19.1 Å². The number of ether oxygens (including phenoxy) is 2. The molecule has 1 aliphatic heterocycles. The molecule has 1 heterocycles. The zero-order chi connectivity index (χ0) is 15.4. The van der Waals surface area contributed by atoms with Crippen LogP contribution in [-0.4, -0.2) is 49.6 Å². The van der Waals surface area contributed by atoms with Crippen molar-refractivity contribution in [2.24, 2.45) is 0 Å². The van der Waals surface area contributed by atoms with Gasteiger partial charge in [-0.25, -0.2) is 4.79 Å². The molecular weight excluding hydrogens is 272 g/mol. The van der Waals surface area contributed by atoms with Crippen molar-refractivity contribution in [2.75, 3.05) is 37.0 Å². The lowest BCUT2D eigenvalue weighted by Crippen LogP contribution is -2.50. The first kappa shape index (κ1) is 15.6. The normalized spacial score (nSPS) is 22.1. The second-order valence-corrected chi connectivity index (χ2v) is 5.14. The van der Waals surface area contributed by atoms with Crippen molar-refractivity contribution in [3.8, 4) is 0 Å². The SMILES string of the molecule is CCOC(=O)c1cc(N)ccc1N1CC(CO)OCC1C. The summed E-state index contributed by atoms with van der Waals surface area (Å²) in [5.41, 5.74) is 7.51. The maximum atomic E-state index is 12.1. The number of benzene rings is 1. The molecule has 2 unspecified atom stereocenters. The Kier molecular flexibility index (Phi) is 5.03. The number of aliphatic hydroxyl groups is 1. The molecule has 2 atom stereocenters. The van der Waals surface area contributed by atoms with Gasteiger partial charge in [0.25, 0.3) is 0 Å². The fourth-order valence-corrected chi connectivity index (χ4v) is 2.44. The lowest BCUT2D eigenvalue weighted by molar-refractivity contribution is -0.0104. The highest BCUT2D eigenvalue weighted by atomic mass is 16.5. The summed E-state index contributed by atoms with van der Waals surface area (Å²) in [4.78, 5) is 14.2. The molecule has 1 aromatic rings. The van der Waals surface area contributed by atoms with E-state index in [1.165, 1.54) is 0 Å². The van der Waals surface area contributed by atoms with Crippen LogP contribution in [0.1, 0.15) is 24.2 Å². The number of nitrogen functional groups attached to an aromatic ring is 1. The van der Waals surface area contributed by atoms with Gasteiger partial charge in [0.15, 0.2) is 0 Å². The van der Waals surface area contributed by atoms with Gasteiger partial charge in [0.2, 0.25) is 0 Å². The van der Waals surface area contributed by atoms with E-state index in [0.29, 0.717) is 31.0 Å². The number of aliphatic hydroxyl groups excluding tert-OH is 1. The summed E-state index contributed by atoms with van der Waals surface area (Å²) < 4.78 is 10.6. The third-order valence-corrected chi connectivity index (χ3v) is 3.53. The van der Waals surface area contributed by atoms with E-state index in [1.807, 2.05) is 13.0 Å². The number of anilines is 2. The number of nitrogens with two attached hydrogens (primary N) is 1. The zero-order valence-corrected chi connectivity index (χ0v) is 12.4. The lowest BCUT2D eigenvalue weighted by atomic mass is 10.1. The standard InChI is InChI=1S/C15H22N2O4/c1-3-20-15(19)13-6-11(16)4-5-14(13)17-7-12(8-18)21-9-10(17)2/h4-6,10,12,18H,3,7-9,16H2,1-2H3. The smallest absolute Gasteiger partial charge is 0.340 e. The summed E-state index contributed by atoms with van der Waals surface area (Å²) in [6.07, 6.45) is -0.256. The monoisotopic (exact) mass is 294 g/mol. The quantitative estimate of drug-likeness (QED) is 0.637. The molecule has 6 heteroatoms. The number of carbonyl (C=O) groups is 1. The number of esters is 1. The van der Waals surface area contributed by atoms with Crippen LogP contribution in [0.25, 0.3) is 0 Å². The first-order valence-electron chi connectivity index (χ1n) is 7.12. The van der Waals surface area contributed by atoms with Crippen LogP contribution < -0.4 is 10.6 Å². The number of nitrogens with zero attached hydrogens (tertiary/aromatic N) is 1. The molecule has 0 spiro atoms. The maximum Gasteiger partial charge on any atom is 0.340 e. The molecule has 1 fully saturated rings. The molecule has 0 aliphatic carbocycles. The highest BCUT2D eigenvalue weighted by Gasteiger charge is 2.29. The van der Waals surface area contributed by atoms with Gasteiger partial charge < -0.3 is 25.2 Å². The Balaban J connectivity index is 2.35. The minimum absolute atomic E-state index is 0.0487. The lowest BCUT2D eigenvalue weighted by Gasteiger charge is -2.39. The van der Waals surface area contributed by atoms with Gasteiger partial charge in [-0.1, -0.05) is 0 Å². The molecule has 0 aromatic heterocycles. The summed E-state index contributed by atoms with van der Waals surface area (Å²) in [5.74, 6) is -0.390. The summed E-state index contributed by atoms with van der Waals surface area (Å²) in [5, 5.41) is 9.29. The van der Waals surface area contributed by atoms with Gasteiger partial charge in [0, 0.05) is 18.3 Å². The molecule has 21 heavy (non-hydrogen) atoms. The predicted molar refractivity (Wildman–Crippen MR) is 80.4 cm³/mol. The molecule has 6 nitrogen and oxygen atoms in total. The third-order valence-electron chi connectivity index (χ3n) is 3.53. The number of hydrogen-bond acceptors (Lipinski definition) is 6. The van der Waals surface area contributed by atoms with Crippen LogP contribution in [0.15, 0.2) is 18.2 Å². The van der Waals surface area contributed by atoms with Crippen molar-refractivity contribution in [2.45, 2.75) is 26.0 Å². The molecule has 1 aliphatic rings. The van der Waals surface area contributed by atoms with Gasteiger partial charge in [-0.2, -0.15) is 0 Å². The third kappa shape index (κ3) is 3.46. The highest BCUT2D eigenvalue weighted by molar-refractivity contribution is 5.97. The van der Waals surface area contributed by atoms with E-state index in [2.05, 4.69) is 4.90 Å². The molecule has 0 bridgehead atoms. The Morgan fingerprint density at radius 1 is 1.57 bits per heavy atom. The second kappa shape index (κ2) is 6.78. The minimum Gasteiger partial charge on any atom is -0.462 e. The molecule has 0 amide bonds. The van der Waals surface area contributed by atoms with Gasteiger partial charge >= 0.3 is 5.97 Å². The Labute approximate surface area is 124 Å². The van der Waals surface area contributed by atoms with Gasteiger partial charge in [0.1, 0.15) is 0 Å². The van der Waals surface area contributed by atoms with Gasteiger partial charge in [-0.15, -0.1) is 0 Å². The van der Waals surface area contributed by atoms with Crippen LogP contribution in [0.3, 0.4) is 0 Å². The highest BCUT2D eigenvalue weighted by Crippen LogP contribution is 2.28.